The third-order valence-corrected chi connectivity index (χ3v) is 4.47. The second kappa shape index (κ2) is 6.57. The smallest absolute Gasteiger partial charge is 0.279 e. The molecule has 118 valence electrons. The van der Waals surface area contributed by atoms with Gasteiger partial charge in [0.1, 0.15) is 0 Å². The van der Waals surface area contributed by atoms with Crippen molar-refractivity contribution in [3.63, 3.8) is 0 Å². The summed E-state index contributed by atoms with van der Waals surface area (Å²) in [5.41, 5.74) is 3.08. The molecule has 1 fully saturated rings. The van der Waals surface area contributed by atoms with E-state index in [1.54, 1.807) is 10.9 Å². The minimum atomic E-state index is -0.0200. The molecule has 0 bridgehead atoms. The molecular weight excluding hydrogens is 276 g/mol. The number of hydrogen-bond donors (Lipinski definition) is 1. The van der Waals surface area contributed by atoms with Crippen molar-refractivity contribution in [1.29, 1.82) is 0 Å². The maximum absolute atomic E-state index is 12.6. The maximum atomic E-state index is 12.6. The van der Waals surface area contributed by atoms with Crippen molar-refractivity contribution < 1.29 is 0 Å². The Morgan fingerprint density at radius 2 is 2.18 bits per heavy atom. The highest BCUT2D eigenvalue weighted by Gasteiger charge is 2.13. The molecule has 22 heavy (non-hydrogen) atoms. The lowest BCUT2D eigenvalue weighted by atomic mass is 10.0. The standard InChI is InChI=1S/C17H24N4O/c1-12-10-13(2)20-16-15(12)19-11-21(17(16)22)9-5-7-14-6-3-4-8-18-14/h10-11,14,18H,3-9H2,1-2H3/t14-/m0/s1. The van der Waals surface area contributed by atoms with E-state index >= 15 is 0 Å². The molecule has 0 aliphatic carbocycles. The van der Waals surface area contributed by atoms with Crippen LogP contribution in [0.1, 0.15) is 43.4 Å². The number of fused-ring (bicyclic) bond motifs is 1. The van der Waals surface area contributed by atoms with Crippen molar-refractivity contribution in [1.82, 2.24) is 19.9 Å². The molecule has 0 amide bonds. The Balaban J connectivity index is 1.74. The normalized spacial score (nSPS) is 18.7. The quantitative estimate of drug-likeness (QED) is 0.941. The van der Waals surface area contributed by atoms with E-state index in [9.17, 15) is 4.79 Å². The van der Waals surface area contributed by atoms with Crippen molar-refractivity contribution in [2.24, 2.45) is 0 Å². The van der Waals surface area contributed by atoms with Crippen molar-refractivity contribution in [3.05, 3.63) is 34.0 Å². The Kier molecular flexibility index (Phi) is 4.52. The molecule has 0 unspecified atom stereocenters. The SMILES string of the molecule is Cc1cc(C)c2ncn(CCC[C@@H]3CCCCN3)c(=O)c2n1. The Hall–Kier alpha value is -1.75. The Morgan fingerprint density at radius 3 is 2.95 bits per heavy atom. The molecule has 5 heteroatoms. The molecule has 0 spiro atoms. The van der Waals surface area contributed by atoms with Crippen LogP contribution in [0.2, 0.25) is 0 Å². The molecule has 0 saturated carbocycles. The first kappa shape index (κ1) is 15.2. The maximum Gasteiger partial charge on any atom is 0.279 e. The summed E-state index contributed by atoms with van der Waals surface area (Å²) in [7, 11) is 0. The van der Waals surface area contributed by atoms with Crippen LogP contribution in [-0.2, 0) is 6.54 Å². The van der Waals surface area contributed by atoms with Crippen LogP contribution in [0.4, 0.5) is 0 Å². The number of pyridine rings is 1. The van der Waals surface area contributed by atoms with Gasteiger partial charge in [0.15, 0.2) is 5.52 Å². The van der Waals surface area contributed by atoms with Gasteiger partial charge in [-0.05, 0) is 57.7 Å². The molecule has 1 N–H and O–H groups in total. The van der Waals surface area contributed by atoms with Gasteiger partial charge in [0.25, 0.3) is 5.56 Å². The lowest BCUT2D eigenvalue weighted by molar-refractivity contribution is 0.367. The molecular formula is C17H24N4O. The van der Waals surface area contributed by atoms with Crippen molar-refractivity contribution in [2.45, 2.75) is 58.5 Å². The van der Waals surface area contributed by atoms with E-state index in [2.05, 4.69) is 15.3 Å². The van der Waals surface area contributed by atoms with Crippen molar-refractivity contribution in [3.8, 4) is 0 Å². The van der Waals surface area contributed by atoms with Crippen LogP contribution in [0.5, 0.6) is 0 Å². The minimum Gasteiger partial charge on any atom is -0.314 e. The summed E-state index contributed by atoms with van der Waals surface area (Å²) in [4.78, 5) is 21.4. The van der Waals surface area contributed by atoms with Crippen molar-refractivity contribution in [2.75, 3.05) is 6.54 Å². The predicted molar refractivity (Wildman–Crippen MR) is 88.1 cm³/mol. The zero-order chi connectivity index (χ0) is 15.5. The van der Waals surface area contributed by atoms with Crippen LogP contribution in [-0.4, -0.2) is 27.1 Å². The first-order chi connectivity index (χ1) is 10.6. The third kappa shape index (κ3) is 3.19. The average Bonchev–Trinajstić information content (AvgIpc) is 2.51. The van der Waals surface area contributed by atoms with Gasteiger partial charge in [-0.25, -0.2) is 9.97 Å². The van der Waals surface area contributed by atoms with Crippen LogP contribution in [0, 0.1) is 13.8 Å². The van der Waals surface area contributed by atoms with E-state index in [0.717, 1.165) is 36.2 Å². The van der Waals surface area contributed by atoms with Crippen LogP contribution >= 0.6 is 0 Å². The fourth-order valence-corrected chi connectivity index (χ4v) is 3.30. The van der Waals surface area contributed by atoms with Gasteiger partial charge < -0.3 is 5.32 Å². The van der Waals surface area contributed by atoms with Crippen LogP contribution in [0.3, 0.4) is 0 Å². The summed E-state index contributed by atoms with van der Waals surface area (Å²) in [6.45, 7) is 5.74. The summed E-state index contributed by atoms with van der Waals surface area (Å²) in [6.07, 6.45) is 7.64. The summed E-state index contributed by atoms with van der Waals surface area (Å²) in [5.74, 6) is 0. The molecule has 5 nitrogen and oxygen atoms in total. The minimum absolute atomic E-state index is 0.0200. The second-order valence-corrected chi connectivity index (χ2v) is 6.31. The highest BCUT2D eigenvalue weighted by atomic mass is 16.1. The first-order valence-corrected chi connectivity index (χ1v) is 8.22. The number of rotatable bonds is 4. The summed E-state index contributed by atoms with van der Waals surface area (Å²) in [5, 5.41) is 3.55. The second-order valence-electron chi connectivity index (χ2n) is 6.31. The lowest BCUT2D eigenvalue weighted by Crippen LogP contribution is -2.34. The zero-order valence-corrected chi connectivity index (χ0v) is 13.4. The molecule has 2 aromatic heterocycles. The number of piperidine rings is 1. The molecule has 0 aromatic carbocycles. The zero-order valence-electron chi connectivity index (χ0n) is 13.4. The summed E-state index contributed by atoms with van der Waals surface area (Å²) >= 11 is 0. The number of nitrogens with zero attached hydrogens (tertiary/aromatic N) is 3. The van der Waals surface area contributed by atoms with E-state index in [1.807, 2.05) is 19.9 Å². The molecule has 1 aliphatic rings. The molecule has 1 aliphatic heterocycles. The van der Waals surface area contributed by atoms with Crippen LogP contribution in [0.25, 0.3) is 11.0 Å². The molecule has 3 heterocycles. The van der Waals surface area contributed by atoms with Gasteiger partial charge in [-0.1, -0.05) is 6.42 Å². The average molecular weight is 300 g/mol. The molecule has 0 radical (unpaired) electrons. The highest BCUT2D eigenvalue weighted by Crippen LogP contribution is 2.13. The van der Waals surface area contributed by atoms with Gasteiger partial charge in [-0.2, -0.15) is 0 Å². The highest BCUT2D eigenvalue weighted by molar-refractivity contribution is 5.76. The molecule has 3 rings (SSSR count). The number of aryl methyl sites for hydroxylation is 3. The number of nitrogens with one attached hydrogen (secondary N) is 1. The predicted octanol–water partition coefficient (Wildman–Crippen LogP) is 2.33. The lowest BCUT2D eigenvalue weighted by Gasteiger charge is -2.23. The van der Waals surface area contributed by atoms with Crippen LogP contribution in [0.15, 0.2) is 17.2 Å². The Morgan fingerprint density at radius 1 is 1.32 bits per heavy atom. The molecule has 1 atom stereocenters. The van der Waals surface area contributed by atoms with Gasteiger partial charge in [-0.15, -0.1) is 0 Å². The topological polar surface area (TPSA) is 59.8 Å². The first-order valence-electron chi connectivity index (χ1n) is 8.22. The van der Waals surface area contributed by atoms with Crippen molar-refractivity contribution >= 4 is 11.0 Å². The fraction of sp³-hybridized carbons (Fsp3) is 0.588. The number of aromatic nitrogens is 3. The Bertz CT molecular complexity index is 716. The van der Waals surface area contributed by atoms with Gasteiger partial charge in [0.05, 0.1) is 11.8 Å². The fourth-order valence-electron chi connectivity index (χ4n) is 3.30. The number of hydrogen-bond acceptors (Lipinski definition) is 4. The molecule has 1 saturated heterocycles. The largest absolute Gasteiger partial charge is 0.314 e. The molecule has 2 aromatic rings. The monoisotopic (exact) mass is 300 g/mol. The van der Waals surface area contributed by atoms with Gasteiger partial charge in [-0.3, -0.25) is 9.36 Å². The van der Waals surface area contributed by atoms with E-state index in [4.69, 9.17) is 0 Å². The van der Waals surface area contributed by atoms with E-state index in [1.165, 1.54) is 19.3 Å². The van der Waals surface area contributed by atoms with Gasteiger partial charge in [0, 0.05) is 18.3 Å². The van der Waals surface area contributed by atoms with E-state index in [0.29, 0.717) is 18.1 Å². The summed E-state index contributed by atoms with van der Waals surface area (Å²) in [6, 6.07) is 2.58. The van der Waals surface area contributed by atoms with E-state index in [-0.39, 0.29) is 5.56 Å². The Labute approximate surface area is 130 Å². The van der Waals surface area contributed by atoms with E-state index < -0.39 is 0 Å². The van der Waals surface area contributed by atoms with Gasteiger partial charge in [0.2, 0.25) is 0 Å². The summed E-state index contributed by atoms with van der Waals surface area (Å²) < 4.78 is 1.71. The van der Waals surface area contributed by atoms with Gasteiger partial charge >= 0.3 is 0 Å². The third-order valence-electron chi connectivity index (χ3n) is 4.47. The van der Waals surface area contributed by atoms with Crippen LogP contribution < -0.4 is 10.9 Å².